The maximum absolute atomic E-state index is 11.8. The van der Waals surface area contributed by atoms with Gasteiger partial charge in [0.05, 0.1) is 6.42 Å². The number of nitrogens with zero attached hydrogens (tertiary/aromatic N) is 1. The van der Waals surface area contributed by atoms with E-state index in [2.05, 4.69) is 5.32 Å². The summed E-state index contributed by atoms with van der Waals surface area (Å²) >= 11 is 1.70. The average Bonchev–Trinajstić information content (AvgIpc) is 2.28. The number of rotatable bonds is 7. The van der Waals surface area contributed by atoms with E-state index in [1.165, 1.54) is 0 Å². The monoisotopic (exact) mass is 274 g/mol. The Balaban J connectivity index is 2.34. The molecule has 1 saturated carbocycles. The van der Waals surface area contributed by atoms with Crippen molar-refractivity contribution < 1.29 is 14.7 Å². The van der Waals surface area contributed by atoms with Gasteiger partial charge < -0.3 is 15.3 Å². The molecule has 0 atom stereocenters. The molecule has 2 N–H and O–H groups in total. The third-order valence-electron chi connectivity index (χ3n) is 3.53. The van der Waals surface area contributed by atoms with Crippen LogP contribution in [0, 0.1) is 5.41 Å². The first-order valence-corrected chi connectivity index (χ1v) is 7.58. The second kappa shape index (κ2) is 6.87. The lowest BCUT2D eigenvalue weighted by Gasteiger charge is -2.41. The summed E-state index contributed by atoms with van der Waals surface area (Å²) in [6.07, 6.45) is 5.01. The number of thioether (sulfide) groups is 1. The largest absolute Gasteiger partial charge is 0.481 e. The van der Waals surface area contributed by atoms with E-state index in [0.717, 1.165) is 25.0 Å². The molecule has 0 aromatic heterocycles. The number of hydrogen-bond donors (Lipinski definition) is 2. The first-order valence-electron chi connectivity index (χ1n) is 6.19. The molecule has 5 nitrogen and oxygen atoms in total. The molecule has 0 aromatic carbocycles. The Morgan fingerprint density at radius 2 is 2.11 bits per heavy atom. The van der Waals surface area contributed by atoms with Gasteiger partial charge in [-0.2, -0.15) is 11.8 Å². The van der Waals surface area contributed by atoms with Crippen molar-refractivity contribution in [2.75, 3.05) is 32.1 Å². The molecule has 0 unspecified atom stereocenters. The van der Waals surface area contributed by atoms with Crippen LogP contribution in [0.15, 0.2) is 0 Å². The highest BCUT2D eigenvalue weighted by molar-refractivity contribution is 7.98. The maximum Gasteiger partial charge on any atom is 0.317 e. The van der Waals surface area contributed by atoms with Gasteiger partial charge in [0.2, 0.25) is 0 Å². The van der Waals surface area contributed by atoms with Gasteiger partial charge in [-0.3, -0.25) is 4.79 Å². The number of amides is 2. The zero-order valence-corrected chi connectivity index (χ0v) is 11.9. The Bertz CT molecular complexity index is 306. The van der Waals surface area contributed by atoms with Crippen molar-refractivity contribution in [1.29, 1.82) is 0 Å². The number of nitrogens with one attached hydrogen (secondary N) is 1. The van der Waals surface area contributed by atoms with Crippen LogP contribution < -0.4 is 5.32 Å². The molecule has 0 saturated heterocycles. The first-order chi connectivity index (χ1) is 8.49. The summed E-state index contributed by atoms with van der Waals surface area (Å²) < 4.78 is 0. The van der Waals surface area contributed by atoms with Crippen LogP contribution in [0.25, 0.3) is 0 Å². The molecule has 0 radical (unpaired) electrons. The fourth-order valence-corrected chi connectivity index (χ4v) is 2.60. The minimum absolute atomic E-state index is 0.110. The Hall–Kier alpha value is -0.910. The summed E-state index contributed by atoms with van der Waals surface area (Å²) in [4.78, 5) is 24.2. The predicted octanol–water partition coefficient (Wildman–Crippen LogP) is 1.64. The highest BCUT2D eigenvalue weighted by Crippen LogP contribution is 2.43. The molecule has 0 bridgehead atoms. The fraction of sp³-hybridized carbons (Fsp3) is 0.833. The first kappa shape index (κ1) is 15.1. The van der Waals surface area contributed by atoms with E-state index in [1.54, 1.807) is 23.7 Å². The molecule has 6 heteroatoms. The lowest BCUT2D eigenvalue weighted by Crippen LogP contribution is -2.47. The molecule has 1 rings (SSSR count). The van der Waals surface area contributed by atoms with E-state index in [-0.39, 0.29) is 17.9 Å². The number of urea groups is 1. The van der Waals surface area contributed by atoms with E-state index in [4.69, 9.17) is 5.11 Å². The summed E-state index contributed by atoms with van der Waals surface area (Å²) in [5, 5.41) is 11.7. The van der Waals surface area contributed by atoms with Gasteiger partial charge >= 0.3 is 12.0 Å². The molecule has 0 aliphatic heterocycles. The summed E-state index contributed by atoms with van der Waals surface area (Å²) in [5.74, 6) is 0.129. The normalized spacial score (nSPS) is 16.8. The van der Waals surface area contributed by atoms with Crippen molar-refractivity contribution in [3.63, 3.8) is 0 Å². The van der Waals surface area contributed by atoms with Crippen molar-refractivity contribution in [3.05, 3.63) is 0 Å². The average molecular weight is 274 g/mol. The minimum Gasteiger partial charge on any atom is -0.481 e. The highest BCUT2D eigenvalue weighted by atomic mass is 32.2. The van der Waals surface area contributed by atoms with E-state index >= 15 is 0 Å². The van der Waals surface area contributed by atoms with E-state index in [1.807, 2.05) is 6.26 Å². The van der Waals surface area contributed by atoms with Gasteiger partial charge in [-0.1, -0.05) is 6.42 Å². The third kappa shape index (κ3) is 4.40. The Morgan fingerprint density at radius 1 is 1.44 bits per heavy atom. The lowest BCUT2D eigenvalue weighted by atomic mass is 9.66. The molecular weight excluding hydrogens is 252 g/mol. The number of carboxylic acids is 1. The second-order valence-electron chi connectivity index (χ2n) is 5.00. The van der Waals surface area contributed by atoms with Gasteiger partial charge in [0.1, 0.15) is 0 Å². The number of carbonyl (C=O) groups excluding carboxylic acids is 1. The van der Waals surface area contributed by atoms with Gasteiger partial charge in [-0.25, -0.2) is 4.79 Å². The molecule has 104 valence electrons. The van der Waals surface area contributed by atoms with Crippen LogP contribution in [-0.2, 0) is 4.79 Å². The van der Waals surface area contributed by atoms with Crippen molar-refractivity contribution in [1.82, 2.24) is 10.2 Å². The molecule has 18 heavy (non-hydrogen) atoms. The fourth-order valence-electron chi connectivity index (χ4n) is 2.14. The van der Waals surface area contributed by atoms with Crippen molar-refractivity contribution in [3.8, 4) is 0 Å². The Labute approximate surface area is 112 Å². The summed E-state index contributed by atoms with van der Waals surface area (Å²) in [6.45, 7) is 1.18. The van der Waals surface area contributed by atoms with Crippen molar-refractivity contribution in [2.45, 2.75) is 25.7 Å². The van der Waals surface area contributed by atoms with Gasteiger partial charge in [0.25, 0.3) is 0 Å². The number of aliphatic carboxylic acids is 1. The van der Waals surface area contributed by atoms with Crippen LogP contribution in [0.2, 0.25) is 0 Å². The Kier molecular flexibility index (Phi) is 5.78. The summed E-state index contributed by atoms with van der Waals surface area (Å²) in [7, 11) is 1.76. The molecule has 0 heterocycles. The zero-order chi connectivity index (χ0) is 13.6. The standard InChI is InChI=1S/C12H22N2O3S/c1-14(6-7-18-2)11(17)13-9-12(4-3-5-12)8-10(15)16/h3-9H2,1-2H3,(H,13,17)(H,15,16). The SMILES string of the molecule is CSCCN(C)C(=O)NCC1(CC(=O)O)CCC1. The molecular formula is C12H22N2O3S. The number of carboxylic acid groups (broad SMARTS) is 1. The smallest absolute Gasteiger partial charge is 0.317 e. The zero-order valence-electron chi connectivity index (χ0n) is 11.1. The topological polar surface area (TPSA) is 69.6 Å². The van der Waals surface area contributed by atoms with Crippen LogP contribution in [0.4, 0.5) is 4.79 Å². The molecule has 1 fully saturated rings. The molecule has 0 spiro atoms. The molecule has 1 aliphatic carbocycles. The van der Waals surface area contributed by atoms with Gasteiger partial charge in [0, 0.05) is 25.9 Å². The summed E-state index contributed by atoms with van der Waals surface area (Å²) in [5.41, 5.74) is -0.207. The Morgan fingerprint density at radius 3 is 2.56 bits per heavy atom. The van der Waals surface area contributed by atoms with Crippen LogP contribution in [0.1, 0.15) is 25.7 Å². The summed E-state index contributed by atoms with van der Waals surface area (Å²) in [6, 6.07) is -0.110. The highest BCUT2D eigenvalue weighted by Gasteiger charge is 2.39. The van der Waals surface area contributed by atoms with E-state index in [0.29, 0.717) is 13.1 Å². The van der Waals surface area contributed by atoms with Crippen molar-refractivity contribution in [2.24, 2.45) is 5.41 Å². The van der Waals surface area contributed by atoms with Crippen LogP contribution in [0.3, 0.4) is 0 Å². The lowest BCUT2D eigenvalue weighted by molar-refractivity contribution is -0.141. The van der Waals surface area contributed by atoms with Gasteiger partial charge in [-0.15, -0.1) is 0 Å². The van der Waals surface area contributed by atoms with E-state index < -0.39 is 5.97 Å². The van der Waals surface area contributed by atoms with Crippen molar-refractivity contribution >= 4 is 23.8 Å². The number of hydrogen-bond acceptors (Lipinski definition) is 3. The van der Waals surface area contributed by atoms with Crippen LogP contribution in [-0.4, -0.2) is 54.2 Å². The predicted molar refractivity (Wildman–Crippen MR) is 72.9 cm³/mol. The minimum atomic E-state index is -0.778. The quantitative estimate of drug-likeness (QED) is 0.740. The second-order valence-corrected chi connectivity index (χ2v) is 5.98. The maximum atomic E-state index is 11.8. The van der Waals surface area contributed by atoms with Gasteiger partial charge in [0.15, 0.2) is 0 Å². The van der Waals surface area contributed by atoms with E-state index in [9.17, 15) is 9.59 Å². The molecule has 0 aromatic rings. The van der Waals surface area contributed by atoms with Crippen LogP contribution >= 0.6 is 11.8 Å². The molecule has 1 aliphatic rings. The van der Waals surface area contributed by atoms with Crippen LogP contribution in [0.5, 0.6) is 0 Å². The molecule has 2 amide bonds. The third-order valence-corrected chi connectivity index (χ3v) is 4.12. The number of carbonyl (C=O) groups is 2. The van der Waals surface area contributed by atoms with Gasteiger partial charge in [-0.05, 0) is 24.5 Å².